The molecule has 0 aliphatic carbocycles. The van der Waals surface area contributed by atoms with Crippen LogP contribution in [0.15, 0.2) is 29.6 Å². The van der Waals surface area contributed by atoms with Gasteiger partial charge in [0.25, 0.3) is 0 Å². The molecule has 20 heavy (non-hydrogen) atoms. The fraction of sp³-hybridized carbons (Fsp3) is 0.143. The molecule has 0 bridgehead atoms. The van der Waals surface area contributed by atoms with Crippen molar-refractivity contribution < 1.29 is 9.59 Å². The van der Waals surface area contributed by atoms with E-state index in [1.807, 2.05) is 13.0 Å². The average molecular weight is 289 g/mol. The van der Waals surface area contributed by atoms with Crippen molar-refractivity contribution in [3.8, 4) is 0 Å². The Balaban J connectivity index is 2.12. The van der Waals surface area contributed by atoms with Gasteiger partial charge in [-0.3, -0.25) is 9.59 Å². The second-order valence-corrected chi connectivity index (χ2v) is 5.36. The summed E-state index contributed by atoms with van der Waals surface area (Å²) < 4.78 is 0. The number of hydrogen-bond acceptors (Lipinski definition) is 4. The smallest absolute Gasteiger partial charge is 0.249 e. The molecular formula is C14H15N3O2S. The molecule has 0 aliphatic rings. The third-order valence-corrected chi connectivity index (χ3v) is 3.93. The normalized spacial score (nSPS) is 10.2. The van der Waals surface area contributed by atoms with Gasteiger partial charge < -0.3 is 16.8 Å². The zero-order chi connectivity index (χ0) is 14.7. The predicted octanol–water partition coefficient (Wildman–Crippen LogP) is 1.87. The number of nitrogens with one attached hydrogen (secondary N) is 1. The van der Waals surface area contributed by atoms with Gasteiger partial charge in [0.05, 0.1) is 5.56 Å². The summed E-state index contributed by atoms with van der Waals surface area (Å²) in [5.74, 6) is -0.877. The number of thiophene rings is 1. The molecule has 0 fully saturated rings. The van der Waals surface area contributed by atoms with Crippen LogP contribution in [0, 0.1) is 6.92 Å². The molecule has 0 unspecified atom stereocenters. The lowest BCUT2D eigenvalue weighted by molar-refractivity contribution is 0.0991. The first-order valence-electron chi connectivity index (χ1n) is 5.99. The molecule has 2 amide bonds. The van der Waals surface area contributed by atoms with Gasteiger partial charge >= 0.3 is 0 Å². The van der Waals surface area contributed by atoms with E-state index in [1.54, 1.807) is 23.6 Å². The zero-order valence-corrected chi connectivity index (χ0v) is 11.8. The molecule has 1 aromatic heterocycles. The van der Waals surface area contributed by atoms with E-state index in [-0.39, 0.29) is 0 Å². The van der Waals surface area contributed by atoms with Crippen LogP contribution >= 0.6 is 11.3 Å². The molecule has 0 radical (unpaired) electrons. The molecule has 2 rings (SSSR count). The second kappa shape index (κ2) is 5.75. The van der Waals surface area contributed by atoms with E-state index >= 15 is 0 Å². The molecule has 0 aliphatic heterocycles. The van der Waals surface area contributed by atoms with Crippen LogP contribution in [-0.4, -0.2) is 11.8 Å². The Bertz CT molecular complexity index is 664. The molecule has 5 N–H and O–H groups in total. The molecule has 1 heterocycles. The standard InChI is InChI=1S/C14H15N3O2S/c1-8-11(14(16)19)3-2-4-12(8)17-6-10-5-9(7-20-10)13(15)18/h2-5,7,17H,6H2,1H3,(H2,15,18)(H2,16,19). The highest BCUT2D eigenvalue weighted by atomic mass is 32.1. The zero-order valence-electron chi connectivity index (χ0n) is 11.0. The lowest BCUT2D eigenvalue weighted by Gasteiger charge is -2.10. The summed E-state index contributed by atoms with van der Waals surface area (Å²) in [6.07, 6.45) is 0. The summed E-state index contributed by atoms with van der Waals surface area (Å²) in [6, 6.07) is 7.11. The Kier molecular flexibility index (Phi) is 4.05. The van der Waals surface area contributed by atoms with E-state index in [1.165, 1.54) is 11.3 Å². The Labute approximate surface area is 120 Å². The van der Waals surface area contributed by atoms with Crippen LogP contribution in [0.5, 0.6) is 0 Å². The summed E-state index contributed by atoms with van der Waals surface area (Å²) in [5, 5.41) is 4.96. The van der Waals surface area contributed by atoms with E-state index in [0.717, 1.165) is 16.1 Å². The van der Waals surface area contributed by atoms with Gasteiger partial charge in [-0.25, -0.2) is 0 Å². The largest absolute Gasteiger partial charge is 0.380 e. The Morgan fingerprint density at radius 2 is 2.00 bits per heavy atom. The Morgan fingerprint density at radius 1 is 1.25 bits per heavy atom. The summed E-state index contributed by atoms with van der Waals surface area (Å²) in [4.78, 5) is 23.3. The van der Waals surface area contributed by atoms with Gasteiger partial charge in [-0.15, -0.1) is 11.3 Å². The number of primary amides is 2. The molecule has 1 aromatic carbocycles. The number of amides is 2. The van der Waals surface area contributed by atoms with Crippen LogP contribution in [-0.2, 0) is 6.54 Å². The molecule has 0 spiro atoms. The minimum atomic E-state index is -0.446. The first kappa shape index (κ1) is 14.1. The van der Waals surface area contributed by atoms with Crippen molar-refractivity contribution in [1.29, 1.82) is 0 Å². The van der Waals surface area contributed by atoms with Crippen LogP contribution in [0.25, 0.3) is 0 Å². The maximum atomic E-state index is 11.3. The van der Waals surface area contributed by atoms with Crippen molar-refractivity contribution in [2.24, 2.45) is 11.5 Å². The third-order valence-electron chi connectivity index (χ3n) is 2.99. The van der Waals surface area contributed by atoms with Crippen molar-refractivity contribution >= 4 is 28.8 Å². The summed E-state index contributed by atoms with van der Waals surface area (Å²) >= 11 is 1.46. The second-order valence-electron chi connectivity index (χ2n) is 4.36. The summed E-state index contributed by atoms with van der Waals surface area (Å²) in [5.41, 5.74) is 13.2. The van der Waals surface area contributed by atoms with Crippen molar-refractivity contribution in [1.82, 2.24) is 0 Å². The number of anilines is 1. The van der Waals surface area contributed by atoms with Gasteiger partial charge in [0.1, 0.15) is 0 Å². The summed E-state index contributed by atoms with van der Waals surface area (Å²) in [6.45, 7) is 2.40. The SMILES string of the molecule is Cc1c(NCc2cc(C(N)=O)cs2)cccc1C(N)=O. The number of carbonyl (C=O) groups excluding carboxylic acids is 2. The van der Waals surface area contributed by atoms with E-state index in [0.29, 0.717) is 17.7 Å². The van der Waals surface area contributed by atoms with Crippen molar-refractivity contribution in [3.05, 3.63) is 51.2 Å². The molecule has 0 saturated carbocycles. The predicted molar refractivity (Wildman–Crippen MR) is 79.9 cm³/mol. The van der Waals surface area contributed by atoms with Gasteiger partial charge in [0.15, 0.2) is 0 Å². The topological polar surface area (TPSA) is 98.2 Å². The van der Waals surface area contributed by atoms with E-state index in [4.69, 9.17) is 11.5 Å². The van der Waals surface area contributed by atoms with Crippen LogP contribution in [0.4, 0.5) is 5.69 Å². The van der Waals surface area contributed by atoms with Crippen molar-refractivity contribution in [2.75, 3.05) is 5.32 Å². The molecule has 0 atom stereocenters. The van der Waals surface area contributed by atoms with Crippen molar-refractivity contribution in [2.45, 2.75) is 13.5 Å². The first-order valence-corrected chi connectivity index (χ1v) is 6.87. The van der Waals surface area contributed by atoms with Gasteiger partial charge in [0, 0.05) is 28.1 Å². The molecule has 2 aromatic rings. The fourth-order valence-corrected chi connectivity index (χ4v) is 2.69. The number of carbonyl (C=O) groups is 2. The van der Waals surface area contributed by atoms with Gasteiger partial charge in [-0.05, 0) is 30.7 Å². The van der Waals surface area contributed by atoms with E-state index in [9.17, 15) is 9.59 Å². The lowest BCUT2D eigenvalue weighted by Crippen LogP contribution is -2.13. The van der Waals surface area contributed by atoms with Gasteiger partial charge in [0.2, 0.25) is 11.8 Å². The van der Waals surface area contributed by atoms with Crippen LogP contribution in [0.1, 0.15) is 31.2 Å². The maximum Gasteiger partial charge on any atom is 0.249 e. The molecule has 104 valence electrons. The van der Waals surface area contributed by atoms with Crippen LogP contribution < -0.4 is 16.8 Å². The highest BCUT2D eigenvalue weighted by Gasteiger charge is 2.09. The highest BCUT2D eigenvalue weighted by Crippen LogP contribution is 2.21. The van der Waals surface area contributed by atoms with Gasteiger partial charge in [-0.2, -0.15) is 0 Å². The Morgan fingerprint density at radius 3 is 2.60 bits per heavy atom. The number of hydrogen-bond donors (Lipinski definition) is 3. The molecule has 5 nitrogen and oxygen atoms in total. The molecule has 6 heteroatoms. The Hall–Kier alpha value is -2.34. The quantitative estimate of drug-likeness (QED) is 0.783. The monoisotopic (exact) mass is 289 g/mol. The van der Waals surface area contributed by atoms with E-state index < -0.39 is 11.8 Å². The van der Waals surface area contributed by atoms with Gasteiger partial charge in [-0.1, -0.05) is 6.07 Å². The number of rotatable bonds is 5. The maximum absolute atomic E-state index is 11.3. The molecule has 0 saturated heterocycles. The lowest BCUT2D eigenvalue weighted by atomic mass is 10.1. The third kappa shape index (κ3) is 2.97. The van der Waals surface area contributed by atoms with Crippen LogP contribution in [0.3, 0.4) is 0 Å². The van der Waals surface area contributed by atoms with Crippen LogP contribution in [0.2, 0.25) is 0 Å². The molecular weight excluding hydrogens is 274 g/mol. The summed E-state index contributed by atoms with van der Waals surface area (Å²) in [7, 11) is 0. The average Bonchev–Trinajstić information content (AvgIpc) is 2.86. The minimum absolute atomic E-state index is 0.431. The first-order chi connectivity index (χ1) is 9.49. The van der Waals surface area contributed by atoms with E-state index in [2.05, 4.69) is 5.32 Å². The number of benzene rings is 1. The van der Waals surface area contributed by atoms with Crippen molar-refractivity contribution in [3.63, 3.8) is 0 Å². The highest BCUT2D eigenvalue weighted by molar-refractivity contribution is 7.10. The number of nitrogens with two attached hydrogens (primary N) is 2. The fourth-order valence-electron chi connectivity index (χ4n) is 1.88. The minimum Gasteiger partial charge on any atom is -0.380 e.